The Hall–Kier alpha value is -2.32. The van der Waals surface area contributed by atoms with Crippen LogP contribution in [0.25, 0.3) is 0 Å². The highest BCUT2D eigenvalue weighted by atomic mass is 16.5. The van der Waals surface area contributed by atoms with Gasteiger partial charge in [-0.05, 0) is 30.7 Å². The minimum atomic E-state index is -0.109. The second-order valence-corrected chi connectivity index (χ2v) is 4.67. The topological polar surface area (TPSA) is 72.6 Å². The summed E-state index contributed by atoms with van der Waals surface area (Å²) >= 11 is 0. The van der Waals surface area contributed by atoms with Gasteiger partial charge in [0.25, 0.3) is 0 Å². The predicted octanol–water partition coefficient (Wildman–Crippen LogP) is 0.915. The van der Waals surface area contributed by atoms with Crippen LogP contribution in [0.2, 0.25) is 0 Å². The molecule has 2 amide bonds. The maximum Gasteiger partial charge on any atom is 0.229 e. The SMILES string of the molecule is NCC#Cc1ccc(OCCN2C(=O)CCCC2=O)cc1. The van der Waals surface area contributed by atoms with Crippen molar-refractivity contribution in [3.8, 4) is 17.6 Å². The number of nitrogens with two attached hydrogens (primary N) is 1. The fourth-order valence-electron chi connectivity index (χ4n) is 2.09. The molecule has 0 spiro atoms. The first-order valence-electron chi connectivity index (χ1n) is 6.95. The molecule has 0 atom stereocenters. The van der Waals surface area contributed by atoms with Crippen LogP contribution in [-0.4, -0.2) is 36.4 Å². The lowest BCUT2D eigenvalue weighted by Gasteiger charge is -2.24. The first-order chi connectivity index (χ1) is 10.2. The van der Waals surface area contributed by atoms with Crippen molar-refractivity contribution in [2.24, 2.45) is 5.73 Å². The van der Waals surface area contributed by atoms with Gasteiger partial charge in [-0.25, -0.2) is 0 Å². The number of piperidine rings is 1. The molecule has 1 aliphatic rings. The lowest BCUT2D eigenvalue weighted by atomic mass is 10.1. The number of rotatable bonds is 4. The fraction of sp³-hybridized carbons (Fsp3) is 0.375. The highest BCUT2D eigenvalue weighted by Crippen LogP contribution is 2.14. The van der Waals surface area contributed by atoms with E-state index in [1.54, 1.807) is 12.1 Å². The monoisotopic (exact) mass is 286 g/mol. The van der Waals surface area contributed by atoms with Gasteiger partial charge < -0.3 is 10.5 Å². The molecule has 1 aliphatic heterocycles. The Kier molecular flexibility index (Phi) is 5.35. The first-order valence-corrected chi connectivity index (χ1v) is 6.95. The summed E-state index contributed by atoms with van der Waals surface area (Å²) in [7, 11) is 0. The Balaban J connectivity index is 1.83. The molecule has 1 heterocycles. The van der Waals surface area contributed by atoms with Gasteiger partial charge in [-0.1, -0.05) is 11.8 Å². The van der Waals surface area contributed by atoms with Crippen molar-refractivity contribution in [1.29, 1.82) is 0 Å². The summed E-state index contributed by atoms with van der Waals surface area (Å²) in [6.45, 7) is 0.924. The summed E-state index contributed by atoms with van der Waals surface area (Å²) in [5.41, 5.74) is 6.18. The summed E-state index contributed by atoms with van der Waals surface area (Å²) in [5, 5.41) is 0. The van der Waals surface area contributed by atoms with Gasteiger partial charge in [0, 0.05) is 18.4 Å². The largest absolute Gasteiger partial charge is 0.492 e. The van der Waals surface area contributed by atoms with Gasteiger partial charge in [0.2, 0.25) is 11.8 Å². The fourth-order valence-corrected chi connectivity index (χ4v) is 2.09. The number of likely N-dealkylation sites (tertiary alicyclic amines) is 1. The predicted molar refractivity (Wildman–Crippen MR) is 78.4 cm³/mol. The number of imide groups is 1. The van der Waals surface area contributed by atoms with Crippen LogP contribution in [0, 0.1) is 11.8 Å². The zero-order chi connectivity index (χ0) is 15.1. The minimum absolute atomic E-state index is 0.109. The number of ether oxygens (including phenoxy) is 1. The number of benzene rings is 1. The highest BCUT2D eigenvalue weighted by molar-refractivity contribution is 5.97. The zero-order valence-electron chi connectivity index (χ0n) is 11.8. The van der Waals surface area contributed by atoms with Crippen LogP contribution in [0.15, 0.2) is 24.3 Å². The van der Waals surface area contributed by atoms with E-state index in [-0.39, 0.29) is 11.8 Å². The van der Waals surface area contributed by atoms with Crippen molar-refractivity contribution >= 4 is 11.8 Å². The molecule has 21 heavy (non-hydrogen) atoms. The van der Waals surface area contributed by atoms with Crippen LogP contribution in [0.4, 0.5) is 0 Å². The van der Waals surface area contributed by atoms with Gasteiger partial charge >= 0.3 is 0 Å². The number of nitrogens with zero attached hydrogens (tertiary/aromatic N) is 1. The van der Waals surface area contributed by atoms with Gasteiger partial charge in [0.1, 0.15) is 12.4 Å². The summed E-state index contributed by atoms with van der Waals surface area (Å²) in [5.74, 6) is 6.17. The maximum atomic E-state index is 11.6. The molecule has 0 unspecified atom stereocenters. The molecule has 0 aliphatic carbocycles. The molecule has 110 valence electrons. The molecule has 5 nitrogen and oxygen atoms in total. The summed E-state index contributed by atoms with van der Waals surface area (Å²) in [4.78, 5) is 24.5. The van der Waals surface area contributed by atoms with E-state index in [1.165, 1.54) is 4.90 Å². The maximum absolute atomic E-state index is 11.6. The molecule has 0 aromatic heterocycles. The molecule has 5 heteroatoms. The Morgan fingerprint density at radius 1 is 1.14 bits per heavy atom. The number of carbonyl (C=O) groups is 2. The molecule has 1 aromatic carbocycles. The lowest BCUT2D eigenvalue weighted by molar-refractivity contribution is -0.148. The van der Waals surface area contributed by atoms with Crippen molar-refractivity contribution in [3.05, 3.63) is 29.8 Å². The molecule has 0 radical (unpaired) electrons. The van der Waals surface area contributed by atoms with Crippen molar-refractivity contribution in [3.63, 3.8) is 0 Å². The van der Waals surface area contributed by atoms with Crippen LogP contribution in [-0.2, 0) is 9.59 Å². The molecule has 0 saturated carbocycles. The molecule has 2 N–H and O–H groups in total. The van der Waals surface area contributed by atoms with Crippen LogP contribution < -0.4 is 10.5 Å². The third-order valence-corrected chi connectivity index (χ3v) is 3.16. The van der Waals surface area contributed by atoms with E-state index in [4.69, 9.17) is 10.5 Å². The quantitative estimate of drug-likeness (QED) is 0.660. The normalized spacial score (nSPS) is 14.6. The third kappa shape index (κ3) is 4.33. The number of carbonyl (C=O) groups excluding carboxylic acids is 2. The van der Waals surface area contributed by atoms with Gasteiger partial charge in [-0.2, -0.15) is 0 Å². The average molecular weight is 286 g/mol. The van der Waals surface area contributed by atoms with E-state index in [0.717, 1.165) is 5.56 Å². The van der Waals surface area contributed by atoms with Crippen LogP contribution in [0.3, 0.4) is 0 Å². The van der Waals surface area contributed by atoms with Crippen LogP contribution in [0.1, 0.15) is 24.8 Å². The first kappa shape index (κ1) is 15.1. The van der Waals surface area contributed by atoms with E-state index in [1.807, 2.05) is 12.1 Å². The molecular formula is C16H18N2O3. The smallest absolute Gasteiger partial charge is 0.229 e. The number of amides is 2. The highest BCUT2D eigenvalue weighted by Gasteiger charge is 2.25. The van der Waals surface area contributed by atoms with E-state index in [9.17, 15) is 9.59 Å². The molecule has 0 bridgehead atoms. The second-order valence-electron chi connectivity index (χ2n) is 4.67. The Morgan fingerprint density at radius 2 is 1.81 bits per heavy atom. The summed E-state index contributed by atoms with van der Waals surface area (Å²) < 4.78 is 5.55. The Morgan fingerprint density at radius 3 is 2.43 bits per heavy atom. The van der Waals surface area contributed by atoms with E-state index >= 15 is 0 Å². The van der Waals surface area contributed by atoms with Crippen molar-refractivity contribution in [1.82, 2.24) is 4.90 Å². The molecule has 1 fully saturated rings. The molecule has 1 aromatic rings. The summed E-state index contributed by atoms with van der Waals surface area (Å²) in [6.07, 6.45) is 1.54. The lowest BCUT2D eigenvalue weighted by Crippen LogP contribution is -2.42. The minimum Gasteiger partial charge on any atom is -0.492 e. The van der Waals surface area contributed by atoms with Crippen molar-refractivity contribution in [2.45, 2.75) is 19.3 Å². The van der Waals surface area contributed by atoms with Gasteiger partial charge in [0.05, 0.1) is 13.1 Å². The Bertz CT molecular complexity index is 553. The van der Waals surface area contributed by atoms with Crippen LogP contribution >= 0.6 is 0 Å². The van der Waals surface area contributed by atoms with E-state index in [2.05, 4.69) is 11.8 Å². The average Bonchev–Trinajstić information content (AvgIpc) is 2.49. The van der Waals surface area contributed by atoms with E-state index in [0.29, 0.717) is 44.7 Å². The van der Waals surface area contributed by atoms with E-state index < -0.39 is 0 Å². The Labute approximate surface area is 124 Å². The second kappa shape index (κ2) is 7.46. The zero-order valence-corrected chi connectivity index (χ0v) is 11.8. The van der Waals surface area contributed by atoms with Crippen molar-refractivity contribution < 1.29 is 14.3 Å². The van der Waals surface area contributed by atoms with Gasteiger partial charge in [0.15, 0.2) is 0 Å². The van der Waals surface area contributed by atoms with Gasteiger partial charge in [-0.3, -0.25) is 14.5 Å². The molecule has 1 saturated heterocycles. The van der Waals surface area contributed by atoms with Gasteiger partial charge in [-0.15, -0.1) is 0 Å². The van der Waals surface area contributed by atoms with Crippen molar-refractivity contribution in [2.75, 3.05) is 19.7 Å². The number of hydrogen-bond donors (Lipinski definition) is 1. The standard InChI is InChI=1S/C16H18N2O3/c17-10-2-3-13-6-8-14(9-7-13)21-12-11-18-15(19)4-1-5-16(18)20/h6-9H,1,4-5,10-12,17H2. The molecular weight excluding hydrogens is 268 g/mol. The third-order valence-electron chi connectivity index (χ3n) is 3.16. The van der Waals surface area contributed by atoms with Crippen LogP contribution in [0.5, 0.6) is 5.75 Å². The number of hydrogen-bond acceptors (Lipinski definition) is 4. The summed E-state index contributed by atoms with van der Waals surface area (Å²) in [6, 6.07) is 7.30. The molecule has 2 rings (SSSR count).